The molecule has 7 heteroatoms. The normalized spacial score (nSPS) is 11.1. The van der Waals surface area contributed by atoms with Gasteiger partial charge in [-0.1, -0.05) is 18.2 Å². The molecule has 0 aliphatic rings. The number of nitrogens with one attached hydrogen (secondary N) is 2. The molecule has 0 saturated carbocycles. The van der Waals surface area contributed by atoms with Crippen LogP contribution in [-0.4, -0.2) is 64.9 Å². The highest BCUT2D eigenvalue weighted by molar-refractivity contribution is 14.0. The predicted octanol–water partition coefficient (Wildman–Crippen LogP) is 1.95. The second-order valence-electron chi connectivity index (χ2n) is 5.23. The van der Waals surface area contributed by atoms with Gasteiger partial charge in [-0.3, -0.25) is 0 Å². The van der Waals surface area contributed by atoms with Crippen molar-refractivity contribution in [3.63, 3.8) is 0 Å². The maximum Gasteiger partial charge on any atom is 0.191 e. The summed E-state index contributed by atoms with van der Waals surface area (Å²) in [6.07, 6.45) is 0. The minimum absolute atomic E-state index is 0. The summed E-state index contributed by atoms with van der Waals surface area (Å²) >= 11 is 0. The molecule has 0 amide bonds. The molecule has 1 rings (SSSR count). The van der Waals surface area contributed by atoms with Crippen LogP contribution in [-0.2, 0) is 11.3 Å². The fourth-order valence-electron chi connectivity index (χ4n) is 2.06. The lowest BCUT2D eigenvalue weighted by Crippen LogP contribution is -2.41. The Morgan fingerprint density at radius 1 is 1.17 bits per heavy atom. The molecule has 0 fully saturated rings. The van der Waals surface area contributed by atoms with Crippen LogP contribution in [0.5, 0.6) is 5.75 Å². The minimum atomic E-state index is 0. The summed E-state index contributed by atoms with van der Waals surface area (Å²) in [5, 5.41) is 6.61. The number of hydrogen-bond donors (Lipinski definition) is 2. The van der Waals surface area contributed by atoms with E-state index in [2.05, 4.69) is 34.5 Å². The molecule has 0 radical (unpaired) electrons. The van der Waals surface area contributed by atoms with Gasteiger partial charge in [0.25, 0.3) is 0 Å². The highest BCUT2D eigenvalue weighted by atomic mass is 127. The molecule has 0 unspecified atom stereocenters. The van der Waals surface area contributed by atoms with Gasteiger partial charge in [-0.05, 0) is 20.0 Å². The van der Waals surface area contributed by atoms with Gasteiger partial charge in [0.15, 0.2) is 5.96 Å². The SMILES string of the molecule is CCNC(=NCc1ccccc1OC)NCCN(C)CCOC.I. The first kappa shape index (κ1) is 22.9. The number of nitrogens with zero attached hydrogens (tertiary/aromatic N) is 2. The highest BCUT2D eigenvalue weighted by Gasteiger charge is 2.03. The van der Waals surface area contributed by atoms with Crippen LogP contribution in [0.1, 0.15) is 12.5 Å². The van der Waals surface area contributed by atoms with E-state index in [4.69, 9.17) is 9.47 Å². The minimum Gasteiger partial charge on any atom is -0.496 e. The molecule has 24 heavy (non-hydrogen) atoms. The molecule has 0 aliphatic heterocycles. The summed E-state index contributed by atoms with van der Waals surface area (Å²) < 4.78 is 10.4. The van der Waals surface area contributed by atoms with Gasteiger partial charge in [-0.2, -0.15) is 0 Å². The lowest BCUT2D eigenvalue weighted by atomic mass is 10.2. The first-order valence-electron chi connectivity index (χ1n) is 8.02. The molecular formula is C17H31IN4O2. The van der Waals surface area contributed by atoms with E-state index < -0.39 is 0 Å². The lowest BCUT2D eigenvalue weighted by molar-refractivity contribution is 0.162. The topological polar surface area (TPSA) is 58.1 Å². The Morgan fingerprint density at radius 3 is 2.58 bits per heavy atom. The van der Waals surface area contributed by atoms with Crippen molar-refractivity contribution in [1.82, 2.24) is 15.5 Å². The largest absolute Gasteiger partial charge is 0.496 e. The number of ether oxygens (including phenoxy) is 2. The average Bonchev–Trinajstić information content (AvgIpc) is 2.58. The molecule has 0 bridgehead atoms. The Bertz CT molecular complexity index is 472. The molecule has 0 aliphatic carbocycles. The van der Waals surface area contributed by atoms with Gasteiger partial charge < -0.3 is 25.0 Å². The monoisotopic (exact) mass is 450 g/mol. The molecule has 0 heterocycles. The number of rotatable bonds is 10. The molecular weight excluding hydrogens is 419 g/mol. The second kappa shape index (κ2) is 14.3. The number of para-hydroxylation sites is 1. The zero-order valence-corrected chi connectivity index (χ0v) is 17.5. The molecule has 0 aromatic heterocycles. The van der Waals surface area contributed by atoms with Crippen LogP contribution in [0.25, 0.3) is 0 Å². The summed E-state index contributed by atoms with van der Waals surface area (Å²) in [5.74, 6) is 1.69. The number of halogens is 1. The molecule has 1 aromatic rings. The quantitative estimate of drug-likeness (QED) is 0.324. The molecule has 0 spiro atoms. The van der Waals surface area contributed by atoms with Crippen LogP contribution in [0.3, 0.4) is 0 Å². The first-order valence-corrected chi connectivity index (χ1v) is 8.02. The van der Waals surface area contributed by atoms with Crippen LogP contribution < -0.4 is 15.4 Å². The van der Waals surface area contributed by atoms with Gasteiger partial charge in [0.05, 0.1) is 20.3 Å². The predicted molar refractivity (Wildman–Crippen MR) is 111 cm³/mol. The van der Waals surface area contributed by atoms with Gasteiger partial charge in [-0.15, -0.1) is 24.0 Å². The zero-order valence-electron chi connectivity index (χ0n) is 15.2. The van der Waals surface area contributed by atoms with Crippen molar-refractivity contribution in [1.29, 1.82) is 0 Å². The van der Waals surface area contributed by atoms with Crippen molar-refractivity contribution >= 4 is 29.9 Å². The third-order valence-electron chi connectivity index (χ3n) is 3.41. The number of hydrogen-bond acceptors (Lipinski definition) is 4. The Morgan fingerprint density at radius 2 is 1.92 bits per heavy atom. The van der Waals surface area contributed by atoms with Crippen LogP contribution in [0.4, 0.5) is 0 Å². The van der Waals surface area contributed by atoms with E-state index in [0.29, 0.717) is 6.54 Å². The maximum absolute atomic E-state index is 5.36. The summed E-state index contributed by atoms with van der Waals surface area (Å²) in [5.41, 5.74) is 1.07. The highest BCUT2D eigenvalue weighted by Crippen LogP contribution is 2.17. The van der Waals surface area contributed by atoms with Crippen LogP contribution in [0, 0.1) is 0 Å². The van der Waals surface area contributed by atoms with Crippen molar-refractivity contribution in [2.75, 3.05) is 54.1 Å². The maximum atomic E-state index is 5.36. The van der Waals surface area contributed by atoms with Gasteiger partial charge in [0.2, 0.25) is 0 Å². The standard InChI is InChI=1S/C17H30N4O2.HI/c1-5-18-17(19-10-11-21(2)12-13-22-3)20-14-15-8-6-7-9-16(15)23-4;/h6-9H,5,10-14H2,1-4H3,(H2,18,19,20);1H. The fourth-order valence-corrected chi connectivity index (χ4v) is 2.06. The van der Waals surface area contributed by atoms with E-state index >= 15 is 0 Å². The van der Waals surface area contributed by atoms with Crippen LogP contribution in [0.15, 0.2) is 29.3 Å². The van der Waals surface area contributed by atoms with Crippen LogP contribution >= 0.6 is 24.0 Å². The third kappa shape index (κ3) is 9.29. The van der Waals surface area contributed by atoms with Crippen molar-refractivity contribution < 1.29 is 9.47 Å². The van der Waals surface area contributed by atoms with Gasteiger partial charge in [-0.25, -0.2) is 4.99 Å². The molecule has 0 atom stereocenters. The number of benzene rings is 1. The van der Waals surface area contributed by atoms with E-state index in [9.17, 15) is 0 Å². The molecule has 1 aromatic carbocycles. The zero-order chi connectivity index (χ0) is 16.9. The van der Waals surface area contributed by atoms with E-state index in [1.807, 2.05) is 24.3 Å². The first-order chi connectivity index (χ1) is 11.2. The van der Waals surface area contributed by atoms with Gasteiger partial charge >= 0.3 is 0 Å². The molecule has 6 nitrogen and oxygen atoms in total. The number of likely N-dealkylation sites (N-methyl/N-ethyl adjacent to an activating group) is 1. The molecule has 138 valence electrons. The van der Waals surface area contributed by atoms with E-state index in [0.717, 1.165) is 50.1 Å². The fraction of sp³-hybridized carbons (Fsp3) is 0.588. The summed E-state index contributed by atoms with van der Waals surface area (Å²) in [6, 6.07) is 7.95. The Hall–Kier alpha value is -1.06. The second-order valence-corrected chi connectivity index (χ2v) is 5.23. The Balaban J connectivity index is 0.00000529. The van der Waals surface area contributed by atoms with E-state index in [1.165, 1.54) is 0 Å². The Labute approximate surface area is 163 Å². The lowest BCUT2D eigenvalue weighted by Gasteiger charge is -2.17. The van der Waals surface area contributed by atoms with Gasteiger partial charge in [0.1, 0.15) is 5.75 Å². The number of guanidine groups is 1. The van der Waals surface area contributed by atoms with Crippen molar-refractivity contribution in [2.24, 2.45) is 4.99 Å². The third-order valence-corrected chi connectivity index (χ3v) is 3.41. The molecule has 2 N–H and O–H groups in total. The summed E-state index contributed by atoms with van der Waals surface area (Å²) in [6.45, 7) is 6.91. The summed E-state index contributed by atoms with van der Waals surface area (Å²) in [4.78, 5) is 6.85. The van der Waals surface area contributed by atoms with Crippen molar-refractivity contribution in [2.45, 2.75) is 13.5 Å². The van der Waals surface area contributed by atoms with Crippen molar-refractivity contribution in [3.05, 3.63) is 29.8 Å². The van der Waals surface area contributed by atoms with E-state index in [1.54, 1.807) is 14.2 Å². The smallest absolute Gasteiger partial charge is 0.191 e. The van der Waals surface area contributed by atoms with Crippen LogP contribution in [0.2, 0.25) is 0 Å². The van der Waals surface area contributed by atoms with Gasteiger partial charge in [0, 0.05) is 38.9 Å². The number of methoxy groups -OCH3 is 2. The summed E-state index contributed by atoms with van der Waals surface area (Å²) in [7, 11) is 5.49. The number of aliphatic imine (C=N–C) groups is 1. The Kier molecular flexibility index (Phi) is 13.7. The molecule has 0 saturated heterocycles. The average molecular weight is 450 g/mol. The van der Waals surface area contributed by atoms with E-state index in [-0.39, 0.29) is 24.0 Å². The van der Waals surface area contributed by atoms with Crippen molar-refractivity contribution in [3.8, 4) is 5.75 Å².